The molecule has 4 nitrogen and oxygen atoms in total. The summed E-state index contributed by atoms with van der Waals surface area (Å²) in [6.45, 7) is 3.24. The zero-order valence-electron chi connectivity index (χ0n) is 15.1. The molecule has 0 amide bonds. The van der Waals surface area contributed by atoms with Crippen LogP contribution in [-0.2, 0) is 6.54 Å². The van der Waals surface area contributed by atoms with Gasteiger partial charge in [0.2, 0.25) is 0 Å². The van der Waals surface area contributed by atoms with Gasteiger partial charge in [0.05, 0.1) is 19.3 Å². The second-order valence-electron chi connectivity index (χ2n) is 8.35. The monoisotopic (exact) mass is 365 g/mol. The average molecular weight is 366 g/mol. The molecule has 0 aromatic heterocycles. The largest absolute Gasteiger partial charge is 0.493 e. The van der Waals surface area contributed by atoms with Gasteiger partial charge in [-0.15, -0.1) is 0 Å². The zero-order valence-corrected chi connectivity index (χ0v) is 15.9. The zero-order chi connectivity index (χ0) is 17.7. The van der Waals surface area contributed by atoms with E-state index in [9.17, 15) is 5.11 Å². The van der Waals surface area contributed by atoms with Gasteiger partial charge in [0.25, 0.3) is 0 Å². The van der Waals surface area contributed by atoms with E-state index in [2.05, 4.69) is 5.32 Å². The van der Waals surface area contributed by atoms with Gasteiger partial charge in [-0.05, 0) is 63.4 Å². The van der Waals surface area contributed by atoms with E-state index in [1.165, 1.54) is 19.3 Å². The van der Waals surface area contributed by atoms with Crippen molar-refractivity contribution < 1.29 is 14.6 Å². The molecular weight excluding hydrogens is 338 g/mol. The summed E-state index contributed by atoms with van der Waals surface area (Å²) < 4.78 is 11.3. The highest BCUT2D eigenvalue weighted by Gasteiger charge is 2.56. The SMILES string of the molecule is CCOc1c(CNC23CC4CC(CC(O)(C4)C2)C3)cc(Cl)cc1OC. The molecule has 5 rings (SSSR count). The summed E-state index contributed by atoms with van der Waals surface area (Å²) in [5.74, 6) is 2.78. The Morgan fingerprint density at radius 1 is 1.24 bits per heavy atom. The molecule has 4 bridgehead atoms. The maximum atomic E-state index is 10.9. The highest BCUT2D eigenvalue weighted by molar-refractivity contribution is 6.30. The third kappa shape index (κ3) is 3.24. The lowest BCUT2D eigenvalue weighted by atomic mass is 9.51. The number of benzene rings is 1. The predicted molar refractivity (Wildman–Crippen MR) is 98.4 cm³/mol. The molecular formula is C20H28ClNO3. The van der Waals surface area contributed by atoms with Crippen LogP contribution in [-0.4, -0.2) is 30.0 Å². The van der Waals surface area contributed by atoms with E-state index in [1.54, 1.807) is 13.2 Å². The first-order chi connectivity index (χ1) is 11.9. The fourth-order valence-corrected chi connectivity index (χ4v) is 6.15. The highest BCUT2D eigenvalue weighted by Crippen LogP contribution is 2.57. The average Bonchev–Trinajstić information content (AvgIpc) is 2.52. The molecule has 25 heavy (non-hydrogen) atoms. The maximum absolute atomic E-state index is 10.9. The van der Waals surface area contributed by atoms with Crippen LogP contribution >= 0.6 is 11.6 Å². The van der Waals surface area contributed by atoms with E-state index in [1.807, 2.05) is 13.0 Å². The summed E-state index contributed by atoms with van der Waals surface area (Å²) >= 11 is 6.27. The molecule has 0 saturated heterocycles. The molecule has 4 aliphatic rings. The number of aliphatic hydroxyl groups is 1. The van der Waals surface area contributed by atoms with Gasteiger partial charge in [0.1, 0.15) is 0 Å². The molecule has 4 saturated carbocycles. The molecule has 2 N–H and O–H groups in total. The lowest BCUT2D eigenvalue weighted by molar-refractivity contribution is -0.142. The summed E-state index contributed by atoms with van der Waals surface area (Å²) in [6, 6.07) is 3.75. The van der Waals surface area contributed by atoms with Gasteiger partial charge in [-0.2, -0.15) is 0 Å². The molecule has 0 heterocycles. The summed E-state index contributed by atoms with van der Waals surface area (Å²) in [4.78, 5) is 0. The van der Waals surface area contributed by atoms with Crippen molar-refractivity contribution in [3.63, 3.8) is 0 Å². The fraction of sp³-hybridized carbons (Fsp3) is 0.700. The van der Waals surface area contributed by atoms with Crippen molar-refractivity contribution in [3.8, 4) is 11.5 Å². The minimum atomic E-state index is -0.453. The van der Waals surface area contributed by atoms with Crippen LogP contribution in [0.1, 0.15) is 51.0 Å². The van der Waals surface area contributed by atoms with E-state index in [4.69, 9.17) is 21.1 Å². The smallest absolute Gasteiger partial charge is 0.165 e. The van der Waals surface area contributed by atoms with Crippen LogP contribution in [0.2, 0.25) is 5.02 Å². The minimum absolute atomic E-state index is 0.0534. The Labute approximate surface area is 154 Å². The Bertz CT molecular complexity index is 649. The van der Waals surface area contributed by atoms with Gasteiger partial charge in [0.15, 0.2) is 11.5 Å². The van der Waals surface area contributed by atoms with E-state index >= 15 is 0 Å². The van der Waals surface area contributed by atoms with E-state index in [0.717, 1.165) is 30.6 Å². The van der Waals surface area contributed by atoms with Crippen LogP contribution in [0.15, 0.2) is 12.1 Å². The third-order valence-corrected chi connectivity index (χ3v) is 6.51. The first-order valence-corrected chi connectivity index (χ1v) is 9.79. The summed E-state index contributed by atoms with van der Waals surface area (Å²) in [5.41, 5.74) is 0.623. The van der Waals surface area contributed by atoms with Crippen LogP contribution in [0.25, 0.3) is 0 Å². The standard InChI is InChI=1S/C20H28ClNO3/c1-3-25-18-15(5-16(21)6-17(18)24-2)11-22-19-7-13-4-14(8-19)10-20(23,9-13)12-19/h5-6,13-14,22-23H,3-4,7-12H2,1-2H3. The predicted octanol–water partition coefficient (Wildman–Crippen LogP) is 3.92. The lowest BCUT2D eigenvalue weighted by Crippen LogP contribution is -2.64. The first-order valence-electron chi connectivity index (χ1n) is 9.41. The number of ether oxygens (including phenoxy) is 2. The Balaban J connectivity index is 1.56. The summed E-state index contributed by atoms with van der Waals surface area (Å²) in [6.07, 6.45) is 6.49. The number of nitrogens with one attached hydrogen (secondary N) is 1. The Hall–Kier alpha value is -0.970. The Kier molecular flexibility index (Phi) is 4.41. The Morgan fingerprint density at radius 2 is 1.96 bits per heavy atom. The maximum Gasteiger partial charge on any atom is 0.165 e. The summed E-state index contributed by atoms with van der Waals surface area (Å²) in [5, 5.41) is 15.4. The van der Waals surface area contributed by atoms with Gasteiger partial charge in [-0.1, -0.05) is 11.6 Å². The second kappa shape index (κ2) is 6.33. The van der Waals surface area contributed by atoms with E-state index < -0.39 is 5.60 Å². The number of hydrogen-bond acceptors (Lipinski definition) is 4. The van der Waals surface area contributed by atoms with Crippen molar-refractivity contribution in [3.05, 3.63) is 22.7 Å². The third-order valence-electron chi connectivity index (χ3n) is 6.29. The van der Waals surface area contributed by atoms with E-state index in [-0.39, 0.29) is 5.54 Å². The van der Waals surface area contributed by atoms with Crippen molar-refractivity contribution >= 4 is 11.6 Å². The van der Waals surface area contributed by atoms with Crippen molar-refractivity contribution in [1.82, 2.24) is 5.32 Å². The number of halogens is 1. The normalized spacial score (nSPS) is 35.8. The molecule has 0 spiro atoms. The van der Waals surface area contributed by atoms with Crippen molar-refractivity contribution in [2.24, 2.45) is 11.8 Å². The summed E-state index contributed by atoms with van der Waals surface area (Å²) in [7, 11) is 1.64. The number of rotatable bonds is 6. The Morgan fingerprint density at radius 3 is 2.56 bits per heavy atom. The van der Waals surface area contributed by atoms with Crippen molar-refractivity contribution in [2.75, 3.05) is 13.7 Å². The molecule has 4 aliphatic carbocycles. The van der Waals surface area contributed by atoms with Gasteiger partial charge in [-0.25, -0.2) is 0 Å². The molecule has 4 fully saturated rings. The van der Waals surface area contributed by atoms with Crippen LogP contribution in [0, 0.1) is 11.8 Å². The number of methoxy groups -OCH3 is 1. The first kappa shape index (κ1) is 17.4. The fourth-order valence-electron chi connectivity index (χ4n) is 5.92. The minimum Gasteiger partial charge on any atom is -0.493 e. The van der Waals surface area contributed by atoms with E-state index in [0.29, 0.717) is 35.8 Å². The van der Waals surface area contributed by atoms with Gasteiger partial charge in [-0.3, -0.25) is 0 Å². The molecule has 138 valence electrons. The van der Waals surface area contributed by atoms with Gasteiger partial charge in [0, 0.05) is 28.7 Å². The second-order valence-corrected chi connectivity index (χ2v) is 8.78. The number of hydrogen-bond donors (Lipinski definition) is 2. The van der Waals surface area contributed by atoms with Crippen molar-refractivity contribution in [2.45, 2.75) is 63.1 Å². The molecule has 1 aromatic carbocycles. The molecule has 2 atom stereocenters. The molecule has 1 aromatic rings. The molecule has 2 unspecified atom stereocenters. The van der Waals surface area contributed by atoms with Gasteiger partial charge >= 0.3 is 0 Å². The lowest BCUT2D eigenvalue weighted by Gasteiger charge is -2.60. The highest BCUT2D eigenvalue weighted by atomic mass is 35.5. The van der Waals surface area contributed by atoms with Crippen LogP contribution < -0.4 is 14.8 Å². The molecule has 0 radical (unpaired) electrons. The van der Waals surface area contributed by atoms with Crippen LogP contribution in [0.5, 0.6) is 11.5 Å². The van der Waals surface area contributed by atoms with Crippen molar-refractivity contribution in [1.29, 1.82) is 0 Å². The molecule has 0 aliphatic heterocycles. The topological polar surface area (TPSA) is 50.7 Å². The van der Waals surface area contributed by atoms with Gasteiger partial charge < -0.3 is 19.9 Å². The molecule has 5 heteroatoms. The van der Waals surface area contributed by atoms with Crippen LogP contribution in [0.3, 0.4) is 0 Å². The van der Waals surface area contributed by atoms with Crippen LogP contribution in [0.4, 0.5) is 0 Å². The quantitative estimate of drug-likeness (QED) is 0.802.